The number of unbranched alkanes of at least 4 members (excludes halogenated alkanes) is 1. The van der Waals surface area contributed by atoms with E-state index in [0.29, 0.717) is 52.0 Å². The maximum Gasteiger partial charge on any atom is 0.306 e. The number of carbonyl (C=O) groups is 3. The molecule has 0 N–H and O–H groups in total. The van der Waals surface area contributed by atoms with Crippen LogP contribution in [-0.4, -0.2) is 41.4 Å². The molecule has 4 rings (SSSR count). The second-order valence-corrected chi connectivity index (χ2v) is 13.9. The van der Waals surface area contributed by atoms with Gasteiger partial charge in [0.05, 0.1) is 17.3 Å². The molecule has 1 aliphatic rings. The van der Waals surface area contributed by atoms with Gasteiger partial charge in [-0.05, 0) is 111 Å². The average molecular weight is 764 g/mol. The Hall–Kier alpha value is -3.08. The summed E-state index contributed by atoms with van der Waals surface area (Å²) in [6, 6.07) is 16.2. The largest absolute Gasteiger partial charge is 0.489 e. The van der Waals surface area contributed by atoms with Crippen molar-refractivity contribution in [3.8, 4) is 5.75 Å². The molecule has 1 aliphatic heterocycles. The van der Waals surface area contributed by atoms with Gasteiger partial charge in [0.1, 0.15) is 24.0 Å². The minimum atomic E-state index is -1.06. The predicted octanol–water partition coefficient (Wildman–Crippen LogP) is 8.97. The Bertz CT molecular complexity index is 1570. The number of amides is 2. The molecule has 0 aliphatic carbocycles. The number of ether oxygens (including phenoxy) is 2. The van der Waals surface area contributed by atoms with Gasteiger partial charge in [-0.25, -0.2) is 0 Å². The highest BCUT2D eigenvalue weighted by Gasteiger charge is 2.44. The minimum Gasteiger partial charge on any atom is -0.489 e. The monoisotopic (exact) mass is 762 g/mol. The Kier molecular flexibility index (Phi) is 11.6. The molecule has 2 atom stereocenters. The summed E-state index contributed by atoms with van der Waals surface area (Å²) in [5.74, 6) is -0.509. The first-order valence-electron chi connectivity index (χ1n) is 14.7. The highest BCUT2D eigenvalue weighted by atomic mass is 127. The van der Waals surface area contributed by atoms with Crippen molar-refractivity contribution in [1.82, 2.24) is 4.90 Å². The van der Waals surface area contributed by atoms with Gasteiger partial charge in [0.15, 0.2) is 0 Å². The number of benzene rings is 3. The summed E-state index contributed by atoms with van der Waals surface area (Å²) in [5, 5.41) is 0.996. The lowest BCUT2D eigenvalue weighted by atomic mass is 9.97. The molecule has 0 spiro atoms. The maximum atomic E-state index is 14.9. The van der Waals surface area contributed by atoms with E-state index in [1.165, 1.54) is 0 Å². The molecule has 3 aromatic rings. The number of hydrogen-bond donors (Lipinski definition) is 0. The Morgan fingerprint density at radius 2 is 1.71 bits per heavy atom. The lowest BCUT2D eigenvalue weighted by Gasteiger charge is -2.36. The minimum absolute atomic E-state index is 0.182. The van der Waals surface area contributed by atoms with Crippen molar-refractivity contribution in [2.45, 2.75) is 64.6 Å². The first-order chi connectivity index (χ1) is 21.3. The summed E-state index contributed by atoms with van der Waals surface area (Å²) in [7, 11) is 0. The molecule has 0 radical (unpaired) electrons. The fourth-order valence-corrected chi connectivity index (χ4v) is 6.09. The number of anilines is 1. The standard InChI is InChI=1S/C35H37Cl2IN2O5/c1-6-19-44-30-20-25(37)14-16-27(30)32-34(43)39(18-8-7-9-31(41)45-35(3,4)5)29-17-15-26(38)21-28(29)33(42)40(32)22(2)23-10-12-24(36)13-11-23/h6,10-17,20-22,32H,1,7-9,18-19H2,2-5H3/t22-,32+/m1/s1. The zero-order valence-electron chi connectivity index (χ0n) is 25.8. The molecule has 0 saturated carbocycles. The van der Waals surface area contributed by atoms with Gasteiger partial charge in [0, 0.05) is 32.1 Å². The molecular formula is C35H37Cl2IN2O5. The molecule has 7 nitrogen and oxygen atoms in total. The average Bonchev–Trinajstić information content (AvgIpc) is 3.06. The van der Waals surface area contributed by atoms with E-state index in [-0.39, 0.29) is 30.8 Å². The van der Waals surface area contributed by atoms with Crippen LogP contribution in [0.25, 0.3) is 0 Å². The van der Waals surface area contributed by atoms with Crippen molar-refractivity contribution in [3.63, 3.8) is 0 Å². The Morgan fingerprint density at radius 3 is 2.38 bits per heavy atom. The van der Waals surface area contributed by atoms with Crippen molar-refractivity contribution in [2.24, 2.45) is 0 Å². The summed E-state index contributed by atoms with van der Waals surface area (Å²) in [6.45, 7) is 11.6. The molecule has 0 unspecified atom stereocenters. The van der Waals surface area contributed by atoms with Gasteiger partial charge in [-0.1, -0.05) is 54.1 Å². The molecule has 0 saturated heterocycles. The van der Waals surface area contributed by atoms with Crippen LogP contribution in [0.15, 0.2) is 73.3 Å². The lowest BCUT2D eigenvalue weighted by molar-refractivity contribution is -0.154. The Morgan fingerprint density at radius 1 is 1.02 bits per heavy atom. The topological polar surface area (TPSA) is 76.1 Å². The number of hydrogen-bond acceptors (Lipinski definition) is 5. The second-order valence-electron chi connectivity index (χ2n) is 11.8. The molecule has 0 bridgehead atoms. The van der Waals surface area contributed by atoms with Crippen molar-refractivity contribution in [3.05, 3.63) is 104 Å². The van der Waals surface area contributed by atoms with Gasteiger partial charge in [-0.2, -0.15) is 0 Å². The van der Waals surface area contributed by atoms with E-state index in [2.05, 4.69) is 29.2 Å². The maximum absolute atomic E-state index is 14.9. The number of nitrogens with zero attached hydrogens (tertiary/aromatic N) is 2. The molecule has 1 heterocycles. The number of carbonyl (C=O) groups excluding carboxylic acids is 3. The highest BCUT2D eigenvalue weighted by Crippen LogP contribution is 2.43. The third-order valence-electron chi connectivity index (χ3n) is 7.32. The van der Waals surface area contributed by atoms with E-state index < -0.39 is 17.7 Å². The van der Waals surface area contributed by atoms with Crippen molar-refractivity contribution in [2.75, 3.05) is 18.1 Å². The summed E-state index contributed by atoms with van der Waals surface area (Å²) in [6.07, 6.45) is 2.85. The van der Waals surface area contributed by atoms with Crippen LogP contribution in [-0.2, 0) is 14.3 Å². The Labute approximate surface area is 288 Å². The lowest BCUT2D eigenvalue weighted by Crippen LogP contribution is -2.44. The molecular weight excluding hydrogens is 726 g/mol. The number of halogens is 3. The predicted molar refractivity (Wildman–Crippen MR) is 187 cm³/mol. The molecule has 238 valence electrons. The zero-order valence-corrected chi connectivity index (χ0v) is 29.5. The van der Waals surface area contributed by atoms with Crippen LogP contribution in [0, 0.1) is 3.57 Å². The normalized spacial score (nSPS) is 15.8. The molecule has 0 aromatic heterocycles. The fraction of sp³-hybridized carbons (Fsp3) is 0.343. The highest BCUT2D eigenvalue weighted by molar-refractivity contribution is 14.1. The van der Waals surface area contributed by atoms with Crippen molar-refractivity contribution in [1.29, 1.82) is 0 Å². The van der Waals surface area contributed by atoms with Crippen molar-refractivity contribution < 1.29 is 23.9 Å². The van der Waals surface area contributed by atoms with Gasteiger partial charge in [0.25, 0.3) is 11.8 Å². The van der Waals surface area contributed by atoms with Crippen LogP contribution in [0.2, 0.25) is 10.0 Å². The molecule has 10 heteroatoms. The summed E-state index contributed by atoms with van der Waals surface area (Å²) in [5.41, 5.74) is 1.66. The first kappa shape index (κ1) is 34.8. The molecule has 0 fully saturated rings. The fourth-order valence-electron chi connectivity index (χ4n) is 5.31. The van der Waals surface area contributed by atoms with Crippen LogP contribution in [0.1, 0.15) is 80.5 Å². The SMILES string of the molecule is C=CCOc1cc(Cl)ccc1[C@H]1C(=O)N(CCCCC(=O)OC(C)(C)C)c2ccc(I)cc2C(=O)N1[C@H](C)c1ccc(Cl)cc1. The van der Waals surface area contributed by atoms with Crippen LogP contribution in [0.3, 0.4) is 0 Å². The van der Waals surface area contributed by atoms with Crippen LogP contribution in [0.5, 0.6) is 5.75 Å². The van der Waals surface area contributed by atoms with Gasteiger partial charge in [-0.15, -0.1) is 0 Å². The van der Waals surface area contributed by atoms with Gasteiger partial charge in [0.2, 0.25) is 0 Å². The van der Waals surface area contributed by atoms with E-state index in [9.17, 15) is 14.4 Å². The quantitative estimate of drug-likeness (QED) is 0.0844. The summed E-state index contributed by atoms with van der Waals surface area (Å²) >= 11 is 14.7. The first-order valence-corrected chi connectivity index (χ1v) is 16.6. The van der Waals surface area contributed by atoms with Gasteiger partial charge < -0.3 is 19.3 Å². The third-order valence-corrected chi connectivity index (χ3v) is 8.48. The molecule has 2 amide bonds. The van der Waals surface area contributed by atoms with E-state index in [0.717, 1.165) is 9.13 Å². The zero-order chi connectivity index (χ0) is 32.9. The van der Waals surface area contributed by atoms with E-state index in [1.54, 1.807) is 52.3 Å². The number of fused-ring (bicyclic) bond motifs is 1. The smallest absolute Gasteiger partial charge is 0.306 e. The Balaban J connectivity index is 1.82. The van der Waals surface area contributed by atoms with Crippen LogP contribution < -0.4 is 9.64 Å². The van der Waals surface area contributed by atoms with Crippen LogP contribution in [0.4, 0.5) is 5.69 Å². The number of rotatable bonds is 11. The molecule has 45 heavy (non-hydrogen) atoms. The van der Waals surface area contributed by atoms with Gasteiger partial charge in [-0.3, -0.25) is 14.4 Å². The second kappa shape index (κ2) is 15.0. The summed E-state index contributed by atoms with van der Waals surface area (Å²) < 4.78 is 12.3. The van der Waals surface area contributed by atoms with Gasteiger partial charge >= 0.3 is 5.97 Å². The molecule has 3 aromatic carbocycles. The van der Waals surface area contributed by atoms with E-state index >= 15 is 0 Å². The van der Waals surface area contributed by atoms with E-state index in [1.807, 2.05) is 52.0 Å². The summed E-state index contributed by atoms with van der Waals surface area (Å²) in [4.78, 5) is 45.2. The van der Waals surface area contributed by atoms with Crippen LogP contribution >= 0.6 is 45.8 Å². The number of esters is 1. The third kappa shape index (κ3) is 8.60. The van der Waals surface area contributed by atoms with Crippen molar-refractivity contribution >= 4 is 69.3 Å². The van der Waals surface area contributed by atoms with E-state index in [4.69, 9.17) is 32.7 Å².